The number of aliphatic hydroxyl groups is 3. The van der Waals surface area contributed by atoms with Crippen LogP contribution in [0.25, 0.3) is 0 Å². The van der Waals surface area contributed by atoms with Gasteiger partial charge in [0.15, 0.2) is 18.3 Å². The molecule has 2 spiro atoms. The van der Waals surface area contributed by atoms with E-state index in [4.69, 9.17) is 52.0 Å². The van der Waals surface area contributed by atoms with Crippen molar-refractivity contribution in [2.24, 2.45) is 0 Å². The number of halogens is 2. The number of rotatable bonds is 11. The Bertz CT molecular complexity index is 2500. The number of hydrogen-bond acceptors (Lipinski definition) is 14. The van der Waals surface area contributed by atoms with E-state index in [1.54, 1.807) is 6.07 Å². The Hall–Kier alpha value is -3.77. The summed E-state index contributed by atoms with van der Waals surface area (Å²) in [5.74, 6) is -1.66. The van der Waals surface area contributed by atoms with Gasteiger partial charge in [0.1, 0.15) is 36.1 Å². The molecule has 4 aromatic carbocycles. The third kappa shape index (κ3) is 12.8. The Labute approximate surface area is 454 Å². The predicted molar refractivity (Wildman–Crippen MR) is 266 cm³/mol. The third-order valence-electron chi connectivity index (χ3n) is 14.5. The molecule has 17 heteroatoms. The fourth-order valence-electron chi connectivity index (χ4n) is 10.5. The van der Waals surface area contributed by atoms with Crippen molar-refractivity contribution in [3.8, 4) is 0 Å². The molecule has 4 aromatic rings. The normalized spacial score (nSPS) is 26.3. The van der Waals surface area contributed by atoms with Crippen LogP contribution in [0.5, 0.6) is 0 Å². The fourth-order valence-corrected chi connectivity index (χ4v) is 10.9. The molecule has 382 valence electrons. The van der Waals surface area contributed by atoms with Gasteiger partial charge in [-0.25, -0.2) is 0 Å². The first-order chi connectivity index (χ1) is 34.1. The van der Waals surface area contributed by atoms with Gasteiger partial charge in [-0.1, -0.05) is 71.7 Å². The first kappa shape index (κ1) is 56.0. The van der Waals surface area contributed by atoms with Crippen molar-refractivity contribution in [2.45, 2.75) is 145 Å². The maximum Gasteiger partial charge on any atom is 1.00 e. The molecule has 2 saturated carbocycles. The molecule has 3 N–H and O–H groups in total. The van der Waals surface area contributed by atoms with Crippen molar-refractivity contribution in [3.05, 3.63) is 128 Å². The molecule has 0 unspecified atom stereocenters. The van der Waals surface area contributed by atoms with Gasteiger partial charge in [-0.15, -0.1) is 0 Å². The summed E-state index contributed by atoms with van der Waals surface area (Å²) in [5, 5.41) is 40.6. The Morgan fingerprint density at radius 2 is 0.986 bits per heavy atom. The molecule has 6 aliphatic rings. The van der Waals surface area contributed by atoms with E-state index in [-0.39, 0.29) is 29.6 Å². The molecule has 14 nitrogen and oxygen atoms in total. The second kappa shape index (κ2) is 24.3. The molecule has 6 fully saturated rings. The number of anilines is 2. The van der Waals surface area contributed by atoms with Crippen LogP contribution in [-0.2, 0) is 50.9 Å². The van der Waals surface area contributed by atoms with Gasteiger partial charge < -0.3 is 53.9 Å². The van der Waals surface area contributed by atoms with E-state index in [2.05, 4.69) is 58.3 Å². The van der Waals surface area contributed by atoms with Crippen molar-refractivity contribution < 1.29 is 88.1 Å². The second-order valence-corrected chi connectivity index (χ2v) is 20.4. The van der Waals surface area contributed by atoms with Crippen LogP contribution in [0.4, 0.5) is 11.4 Å². The fraction of sp³-hybridized carbons (Fsp3) is 0.509. The minimum Gasteiger partial charge on any atom is -0.857 e. The van der Waals surface area contributed by atoms with Gasteiger partial charge >= 0.3 is 47.5 Å². The predicted octanol–water partition coefficient (Wildman–Crippen LogP) is 4.13. The zero-order valence-electron chi connectivity index (χ0n) is 41.8. The van der Waals surface area contributed by atoms with Gasteiger partial charge in [-0.3, -0.25) is 14.4 Å². The molecule has 0 radical (unpaired) electrons. The van der Waals surface area contributed by atoms with E-state index in [1.807, 2.05) is 30.3 Å². The van der Waals surface area contributed by atoms with E-state index >= 15 is 0 Å². The van der Waals surface area contributed by atoms with Crippen molar-refractivity contribution >= 4 is 52.5 Å². The Morgan fingerprint density at radius 3 is 1.40 bits per heavy atom. The number of esters is 3. The maximum absolute atomic E-state index is 12.2. The SMILES string of the molecule is CC(=O)O[C@@H]1[C@@H](OC(C)=O)[C@H](OC(C)=O)C2(CC2)O[C@H]1c1ccc(Cl)c(Cc2ccc(N3CCCC3)cc2)c1.C[O-].O[C@@H]1[C@@H](O)[C@H](O)C2(CC2)O[C@H]1c1ccc(Cl)c(Cc2ccc(N3CCCC3)cc2)c1.[Na+]. The van der Waals surface area contributed by atoms with Crippen LogP contribution in [-0.4, -0.2) is 114 Å². The Balaban J connectivity index is 0.000000207. The van der Waals surface area contributed by atoms with Crippen LogP contribution in [0.3, 0.4) is 0 Å². The standard InChI is InChI=1S/C30H34ClNO7.C24H28ClNO4.CH3O.Na/c1-18(33)36-27-26(39-30(12-13-30)29(38-20(3)35)28(27)37-19(2)34)22-8-11-25(31)23(17-22)16-21-6-9-24(10-7-21)32-14-4-5-15-32;25-19-8-5-16(22-20(27)21(28)23(29)24(30-22)9-10-24)14-17(19)13-15-3-6-18(7-4-15)26-11-1-2-12-26;1-2;/h6-11,17,26-29H,4-5,12-16H2,1-3H3;3-8,14,20-23,27-29H,1-2,9-13H2;1H3;/q;;-1;+1/t26-,27-,28+,29-;20-,21-,22+,23+;;/m01../s1. The van der Waals surface area contributed by atoms with Crippen molar-refractivity contribution in [1.82, 2.24) is 0 Å². The number of carbonyl (C=O) groups is 3. The molecule has 72 heavy (non-hydrogen) atoms. The maximum atomic E-state index is 12.2. The molecule has 0 amide bonds. The van der Waals surface area contributed by atoms with Crippen LogP contribution in [0.15, 0.2) is 84.9 Å². The molecule has 4 heterocycles. The average molecular weight is 1040 g/mol. The minimum atomic E-state index is -1.22. The molecule has 2 aliphatic carbocycles. The summed E-state index contributed by atoms with van der Waals surface area (Å²) >= 11 is 13.1. The number of aliphatic hydroxyl groups excluding tert-OH is 3. The van der Waals surface area contributed by atoms with Crippen LogP contribution in [0.2, 0.25) is 10.0 Å². The van der Waals surface area contributed by atoms with E-state index in [0.29, 0.717) is 48.6 Å². The average Bonchev–Trinajstić information content (AvgIpc) is 4.14. The molecule has 10 rings (SSSR count). The first-order valence-corrected chi connectivity index (χ1v) is 25.4. The molecule has 4 aliphatic heterocycles. The van der Waals surface area contributed by atoms with Gasteiger partial charge in [0, 0.05) is 68.4 Å². The summed E-state index contributed by atoms with van der Waals surface area (Å²) in [4.78, 5) is 41.0. The van der Waals surface area contributed by atoms with Gasteiger partial charge in [0.2, 0.25) is 0 Å². The summed E-state index contributed by atoms with van der Waals surface area (Å²) in [6.45, 7) is 8.27. The van der Waals surface area contributed by atoms with Crippen molar-refractivity contribution in [2.75, 3.05) is 43.1 Å². The molecule has 4 saturated heterocycles. The van der Waals surface area contributed by atoms with E-state index in [9.17, 15) is 29.7 Å². The summed E-state index contributed by atoms with van der Waals surface area (Å²) in [5.41, 5.74) is 6.56. The zero-order valence-corrected chi connectivity index (χ0v) is 45.3. The smallest absolute Gasteiger partial charge is 0.857 e. The van der Waals surface area contributed by atoms with Crippen LogP contribution in [0, 0.1) is 0 Å². The monoisotopic (exact) mass is 1040 g/mol. The van der Waals surface area contributed by atoms with Gasteiger partial charge in [-0.05, 0) is 134 Å². The van der Waals surface area contributed by atoms with Crippen LogP contribution >= 0.6 is 23.2 Å². The van der Waals surface area contributed by atoms with Crippen LogP contribution in [0.1, 0.15) is 118 Å². The molecular formula is C55H65Cl2N2NaO12. The largest absolute Gasteiger partial charge is 1.00 e. The summed E-state index contributed by atoms with van der Waals surface area (Å²) < 4.78 is 29.5. The minimum absolute atomic E-state index is 0. The number of carbonyl (C=O) groups excluding carboxylic acids is 3. The quantitative estimate of drug-likeness (QED) is 0.111. The zero-order chi connectivity index (χ0) is 50.6. The van der Waals surface area contributed by atoms with E-state index in [1.165, 1.54) is 57.8 Å². The van der Waals surface area contributed by atoms with Gasteiger partial charge in [0.25, 0.3) is 0 Å². The van der Waals surface area contributed by atoms with E-state index < -0.39 is 77.9 Å². The van der Waals surface area contributed by atoms with Gasteiger partial charge in [-0.2, -0.15) is 7.11 Å². The Kier molecular flexibility index (Phi) is 18.9. The summed E-state index contributed by atoms with van der Waals surface area (Å²) in [6.07, 6.45) is 1.06. The van der Waals surface area contributed by atoms with Crippen molar-refractivity contribution in [1.29, 1.82) is 0 Å². The molecular weight excluding hydrogens is 975 g/mol. The van der Waals surface area contributed by atoms with Gasteiger partial charge in [0.05, 0.1) is 5.60 Å². The topological polar surface area (TPSA) is 188 Å². The van der Waals surface area contributed by atoms with Crippen molar-refractivity contribution in [3.63, 3.8) is 0 Å². The number of nitrogens with zero attached hydrogens (tertiary/aromatic N) is 2. The molecule has 0 bridgehead atoms. The third-order valence-corrected chi connectivity index (χ3v) is 15.2. The molecule has 0 aromatic heterocycles. The second-order valence-electron chi connectivity index (χ2n) is 19.6. The Morgan fingerprint density at radius 1 is 0.583 bits per heavy atom. The molecule has 8 atom stereocenters. The van der Waals surface area contributed by atoms with Crippen LogP contribution < -0.4 is 44.5 Å². The summed E-state index contributed by atoms with van der Waals surface area (Å²) in [7, 11) is 0.750. The first-order valence-electron chi connectivity index (χ1n) is 24.7. The summed E-state index contributed by atoms with van der Waals surface area (Å²) in [6, 6.07) is 28.3. The van der Waals surface area contributed by atoms with E-state index in [0.717, 1.165) is 66.7 Å². The number of benzene rings is 4. The number of ether oxygens (including phenoxy) is 5. The number of hydrogen-bond donors (Lipinski definition) is 3.